The van der Waals surface area contributed by atoms with Crippen LogP contribution in [0.15, 0.2) is 52.9 Å². The highest BCUT2D eigenvalue weighted by Gasteiger charge is 2.29. The Balaban J connectivity index is 1.74. The number of nitrogens with zero attached hydrogens (tertiary/aromatic N) is 4. The quantitative estimate of drug-likeness (QED) is 0.399. The van der Waals surface area contributed by atoms with Crippen molar-refractivity contribution in [2.24, 2.45) is 0 Å². The molecule has 1 aromatic carbocycles. The van der Waals surface area contributed by atoms with E-state index in [2.05, 4.69) is 24.8 Å². The Morgan fingerprint density at radius 1 is 1.26 bits per heavy atom. The largest absolute Gasteiger partial charge is 0.497 e. The normalized spacial score (nSPS) is 11.8. The second kappa shape index (κ2) is 9.02. The summed E-state index contributed by atoms with van der Waals surface area (Å²) in [5.74, 6) is 0.834. The van der Waals surface area contributed by atoms with Crippen molar-refractivity contribution >= 4 is 23.0 Å². The number of methoxy groups -OCH3 is 1. The second-order valence-electron chi connectivity index (χ2n) is 6.74. The van der Waals surface area contributed by atoms with Crippen molar-refractivity contribution < 1.29 is 19.2 Å². The van der Waals surface area contributed by atoms with Gasteiger partial charge in [-0.1, -0.05) is 5.16 Å². The number of rotatable bonds is 8. The summed E-state index contributed by atoms with van der Waals surface area (Å²) in [5, 5.41) is 18.6. The number of aromatic nitrogens is 4. The molecule has 0 aliphatic rings. The lowest BCUT2D eigenvalue weighted by Crippen LogP contribution is -2.22. The van der Waals surface area contributed by atoms with Crippen molar-refractivity contribution in [1.82, 2.24) is 19.5 Å². The van der Waals surface area contributed by atoms with Gasteiger partial charge >= 0.3 is 0 Å². The Morgan fingerprint density at radius 3 is 2.74 bits per heavy atom. The standard InChI is InChI=1S/C21H19N5O4S/c1-12-3-18(25-30-12)20(24-15-4-13(9-27)5-16(6-15)29-2)21(28)19-17(10-31-26-19)14-7-22-11-23-8-14/h3-8,10-11,20,24,27H,9H2,1-2H3. The fourth-order valence-electron chi connectivity index (χ4n) is 3.11. The van der Waals surface area contributed by atoms with Crippen LogP contribution in [0, 0.1) is 6.92 Å². The number of ether oxygens (including phenoxy) is 1. The average molecular weight is 437 g/mol. The minimum absolute atomic E-state index is 0.169. The van der Waals surface area contributed by atoms with E-state index in [1.54, 1.807) is 49.0 Å². The van der Waals surface area contributed by atoms with Crippen molar-refractivity contribution in [3.8, 4) is 16.9 Å². The number of aryl methyl sites for hydroxylation is 1. The van der Waals surface area contributed by atoms with E-state index in [-0.39, 0.29) is 18.1 Å². The Hall–Kier alpha value is -3.63. The van der Waals surface area contributed by atoms with Crippen LogP contribution in [0.2, 0.25) is 0 Å². The zero-order valence-electron chi connectivity index (χ0n) is 16.8. The molecule has 4 rings (SSSR count). The molecule has 0 radical (unpaired) electrons. The molecule has 4 aromatic rings. The molecule has 0 saturated carbocycles. The lowest BCUT2D eigenvalue weighted by molar-refractivity contribution is 0.0963. The number of benzene rings is 1. The highest BCUT2D eigenvalue weighted by Crippen LogP contribution is 2.31. The number of hydrogen-bond donors (Lipinski definition) is 2. The molecule has 3 aromatic heterocycles. The molecule has 0 aliphatic heterocycles. The van der Waals surface area contributed by atoms with E-state index < -0.39 is 6.04 Å². The van der Waals surface area contributed by atoms with Gasteiger partial charge in [0.2, 0.25) is 5.78 Å². The molecular weight excluding hydrogens is 418 g/mol. The summed E-state index contributed by atoms with van der Waals surface area (Å²) >= 11 is 1.17. The number of ketones is 1. The first-order chi connectivity index (χ1) is 15.1. The van der Waals surface area contributed by atoms with E-state index >= 15 is 0 Å². The van der Waals surface area contributed by atoms with Gasteiger partial charge in [0.1, 0.15) is 35.3 Å². The van der Waals surface area contributed by atoms with Crippen molar-refractivity contribution in [1.29, 1.82) is 0 Å². The van der Waals surface area contributed by atoms with Crippen LogP contribution in [-0.4, -0.2) is 37.5 Å². The molecule has 0 aliphatic carbocycles. The van der Waals surface area contributed by atoms with Crippen LogP contribution < -0.4 is 10.1 Å². The first-order valence-electron chi connectivity index (χ1n) is 9.31. The lowest BCUT2D eigenvalue weighted by atomic mass is 10.00. The molecule has 31 heavy (non-hydrogen) atoms. The van der Waals surface area contributed by atoms with Gasteiger partial charge in [-0.3, -0.25) is 4.79 Å². The third kappa shape index (κ3) is 4.44. The Kier molecular flexibility index (Phi) is 6.01. The van der Waals surface area contributed by atoms with E-state index in [0.717, 1.165) is 0 Å². The zero-order valence-corrected chi connectivity index (χ0v) is 17.6. The first kappa shape index (κ1) is 20.6. The van der Waals surface area contributed by atoms with Crippen LogP contribution in [0.1, 0.15) is 33.5 Å². The van der Waals surface area contributed by atoms with Crippen LogP contribution in [0.3, 0.4) is 0 Å². The number of carbonyl (C=O) groups is 1. The lowest BCUT2D eigenvalue weighted by Gasteiger charge is -2.18. The van der Waals surface area contributed by atoms with Gasteiger partial charge in [0.15, 0.2) is 0 Å². The summed E-state index contributed by atoms with van der Waals surface area (Å²) in [4.78, 5) is 21.7. The maximum Gasteiger partial charge on any atom is 0.211 e. The van der Waals surface area contributed by atoms with Gasteiger partial charge in [-0.2, -0.15) is 4.37 Å². The van der Waals surface area contributed by atoms with Crippen LogP contribution in [0.4, 0.5) is 5.69 Å². The number of Topliss-reactive ketones (excluding diaryl/α,β-unsaturated/α-hetero) is 1. The molecule has 0 bridgehead atoms. The first-order valence-corrected chi connectivity index (χ1v) is 10.1. The van der Waals surface area contributed by atoms with Crippen LogP contribution in [0.25, 0.3) is 11.1 Å². The number of hydrogen-bond acceptors (Lipinski definition) is 10. The van der Waals surface area contributed by atoms with Crippen molar-refractivity contribution in [2.75, 3.05) is 12.4 Å². The molecule has 0 fully saturated rings. The molecule has 2 N–H and O–H groups in total. The molecular formula is C21H19N5O4S. The third-order valence-corrected chi connectivity index (χ3v) is 5.20. The summed E-state index contributed by atoms with van der Waals surface area (Å²) in [7, 11) is 1.54. The van der Waals surface area contributed by atoms with Gasteiger partial charge in [0, 0.05) is 46.7 Å². The number of carbonyl (C=O) groups excluding carboxylic acids is 1. The Labute approximate surface area is 181 Å². The summed E-state index contributed by atoms with van der Waals surface area (Å²) < 4.78 is 14.8. The summed E-state index contributed by atoms with van der Waals surface area (Å²) in [6.45, 7) is 1.58. The molecule has 0 amide bonds. The minimum atomic E-state index is -0.874. The molecule has 0 saturated heterocycles. The topological polar surface area (TPSA) is 123 Å². The summed E-state index contributed by atoms with van der Waals surface area (Å²) in [6, 6.07) is 6.01. The number of nitrogens with one attached hydrogen (secondary N) is 1. The van der Waals surface area contributed by atoms with Crippen LogP contribution >= 0.6 is 11.5 Å². The number of aliphatic hydroxyl groups excluding tert-OH is 1. The predicted octanol–water partition coefficient (Wildman–Crippen LogP) is 3.43. The van der Waals surface area contributed by atoms with Gasteiger partial charge in [-0.25, -0.2) is 9.97 Å². The molecule has 0 spiro atoms. The molecule has 1 unspecified atom stereocenters. The van der Waals surface area contributed by atoms with Gasteiger partial charge in [-0.15, -0.1) is 0 Å². The molecule has 3 heterocycles. The van der Waals surface area contributed by atoms with Crippen molar-refractivity contribution in [3.63, 3.8) is 0 Å². The average Bonchev–Trinajstić information content (AvgIpc) is 3.46. The van der Waals surface area contributed by atoms with E-state index in [4.69, 9.17) is 9.26 Å². The van der Waals surface area contributed by atoms with Gasteiger partial charge in [0.05, 0.1) is 13.7 Å². The van der Waals surface area contributed by atoms with E-state index in [1.165, 1.54) is 25.0 Å². The third-order valence-electron chi connectivity index (χ3n) is 4.57. The van der Waals surface area contributed by atoms with E-state index in [1.807, 2.05) is 0 Å². The van der Waals surface area contributed by atoms with E-state index in [0.29, 0.717) is 39.6 Å². The maximum atomic E-state index is 13.6. The zero-order chi connectivity index (χ0) is 21.8. The van der Waals surface area contributed by atoms with Gasteiger partial charge in [0.25, 0.3) is 0 Å². The monoisotopic (exact) mass is 437 g/mol. The molecule has 158 valence electrons. The fraction of sp³-hybridized carbons (Fsp3) is 0.190. The van der Waals surface area contributed by atoms with E-state index in [9.17, 15) is 9.90 Å². The molecule has 9 nitrogen and oxygen atoms in total. The molecule has 10 heteroatoms. The van der Waals surface area contributed by atoms with Crippen molar-refractivity contribution in [2.45, 2.75) is 19.6 Å². The van der Waals surface area contributed by atoms with Gasteiger partial charge < -0.3 is 19.7 Å². The number of aliphatic hydroxyl groups is 1. The Morgan fingerprint density at radius 2 is 2.06 bits per heavy atom. The van der Waals surface area contributed by atoms with Crippen molar-refractivity contribution in [3.05, 3.63) is 71.1 Å². The smallest absolute Gasteiger partial charge is 0.211 e. The second-order valence-corrected chi connectivity index (χ2v) is 7.36. The van der Waals surface area contributed by atoms with Crippen LogP contribution in [0.5, 0.6) is 5.75 Å². The highest BCUT2D eigenvalue weighted by atomic mass is 32.1. The SMILES string of the molecule is COc1cc(CO)cc(NC(C(=O)c2nscc2-c2cncnc2)c2cc(C)on2)c1. The minimum Gasteiger partial charge on any atom is -0.497 e. The van der Waals surface area contributed by atoms with Gasteiger partial charge in [-0.05, 0) is 36.2 Å². The molecule has 1 atom stereocenters. The fourth-order valence-corrected chi connectivity index (χ4v) is 3.81. The predicted molar refractivity (Wildman–Crippen MR) is 114 cm³/mol. The highest BCUT2D eigenvalue weighted by molar-refractivity contribution is 7.04. The Bertz CT molecular complexity index is 1170. The summed E-state index contributed by atoms with van der Waals surface area (Å²) in [5.41, 5.74) is 3.26. The number of anilines is 1. The maximum absolute atomic E-state index is 13.6. The summed E-state index contributed by atoms with van der Waals surface area (Å²) in [6.07, 6.45) is 4.69. The van der Waals surface area contributed by atoms with Crippen LogP contribution in [-0.2, 0) is 6.61 Å².